The minimum absolute atomic E-state index is 0.111. The van der Waals surface area contributed by atoms with Gasteiger partial charge in [-0.2, -0.15) is 8.42 Å². The van der Waals surface area contributed by atoms with Crippen molar-refractivity contribution in [3.8, 4) is 0 Å². The van der Waals surface area contributed by atoms with Crippen LogP contribution in [0.4, 0.5) is 0 Å². The minimum atomic E-state index is -3.84. The molecule has 2 aromatic carbocycles. The van der Waals surface area contributed by atoms with E-state index in [2.05, 4.69) is 5.16 Å². The smallest absolute Gasteiger partial charge is 0.264 e. The van der Waals surface area contributed by atoms with Crippen molar-refractivity contribution in [1.82, 2.24) is 0 Å². The van der Waals surface area contributed by atoms with Crippen molar-refractivity contribution >= 4 is 15.8 Å². The molecule has 0 spiro atoms. The lowest BCUT2D eigenvalue weighted by molar-refractivity contribution is 0.337. The zero-order valence-corrected chi connectivity index (χ0v) is 11.7. The van der Waals surface area contributed by atoms with Crippen molar-refractivity contribution in [1.29, 1.82) is 0 Å². The van der Waals surface area contributed by atoms with E-state index in [0.29, 0.717) is 12.1 Å². The number of rotatable bonds is 3. The first-order valence-corrected chi connectivity index (χ1v) is 7.62. The molecule has 0 unspecified atom stereocenters. The highest BCUT2D eigenvalue weighted by Crippen LogP contribution is 2.24. The van der Waals surface area contributed by atoms with Gasteiger partial charge in [0.15, 0.2) is 0 Å². The van der Waals surface area contributed by atoms with E-state index in [-0.39, 0.29) is 4.90 Å². The molecule has 5 heteroatoms. The third kappa shape index (κ3) is 2.32. The number of oxime groups is 1. The molecule has 2 aromatic rings. The molecule has 0 saturated heterocycles. The minimum Gasteiger partial charge on any atom is -0.264 e. The fraction of sp³-hybridized carbons (Fsp3) is 0.133. The van der Waals surface area contributed by atoms with Gasteiger partial charge < -0.3 is 0 Å². The Morgan fingerprint density at radius 3 is 2.45 bits per heavy atom. The fourth-order valence-electron chi connectivity index (χ4n) is 2.05. The lowest BCUT2D eigenvalue weighted by Crippen LogP contribution is -2.20. The van der Waals surface area contributed by atoms with Crippen LogP contribution in [0.15, 0.2) is 58.6 Å². The van der Waals surface area contributed by atoms with Crippen molar-refractivity contribution in [3.63, 3.8) is 0 Å². The summed E-state index contributed by atoms with van der Waals surface area (Å²) in [5, 5.41) is 3.77. The van der Waals surface area contributed by atoms with E-state index in [4.69, 9.17) is 4.28 Å². The zero-order valence-electron chi connectivity index (χ0n) is 10.9. The Balaban J connectivity index is 1.81. The van der Waals surface area contributed by atoms with Crippen molar-refractivity contribution in [2.45, 2.75) is 18.2 Å². The van der Waals surface area contributed by atoms with Gasteiger partial charge in [0.2, 0.25) is 0 Å². The number of fused-ring (bicyclic) bond motifs is 1. The van der Waals surface area contributed by atoms with Crippen LogP contribution in [0.5, 0.6) is 0 Å². The maximum Gasteiger partial charge on any atom is 0.358 e. The van der Waals surface area contributed by atoms with Gasteiger partial charge in [-0.25, -0.2) is 0 Å². The van der Waals surface area contributed by atoms with Crippen LogP contribution >= 0.6 is 0 Å². The van der Waals surface area contributed by atoms with E-state index < -0.39 is 10.1 Å². The summed E-state index contributed by atoms with van der Waals surface area (Å²) in [6, 6.07) is 14.2. The first-order valence-electron chi connectivity index (χ1n) is 6.22. The quantitative estimate of drug-likeness (QED) is 0.815. The largest absolute Gasteiger partial charge is 0.358 e. The highest BCUT2D eigenvalue weighted by atomic mass is 32.2. The van der Waals surface area contributed by atoms with Crippen LogP contribution in [-0.4, -0.2) is 14.1 Å². The number of nitrogens with zero attached hydrogens (tertiary/aromatic N) is 1. The Kier molecular flexibility index (Phi) is 3.06. The van der Waals surface area contributed by atoms with Crippen molar-refractivity contribution in [2.75, 3.05) is 0 Å². The van der Waals surface area contributed by atoms with Gasteiger partial charge >= 0.3 is 10.1 Å². The number of aryl methyl sites for hydroxylation is 1. The second-order valence-corrected chi connectivity index (χ2v) is 6.24. The summed E-state index contributed by atoms with van der Waals surface area (Å²) < 4.78 is 28.7. The number of hydrogen-bond acceptors (Lipinski definition) is 4. The average molecular weight is 287 g/mol. The normalized spacial score (nSPS) is 15.6. The van der Waals surface area contributed by atoms with Crippen LogP contribution in [-0.2, 0) is 20.8 Å². The van der Waals surface area contributed by atoms with Crippen molar-refractivity contribution in [2.24, 2.45) is 5.16 Å². The van der Waals surface area contributed by atoms with Crippen LogP contribution in [0, 0.1) is 6.92 Å². The second-order valence-electron chi connectivity index (χ2n) is 4.71. The Bertz CT molecular complexity index is 777. The number of hydrogen-bond donors (Lipinski definition) is 0. The molecule has 102 valence electrons. The van der Waals surface area contributed by atoms with Crippen LogP contribution in [0.25, 0.3) is 0 Å². The molecule has 0 saturated carbocycles. The zero-order chi connectivity index (χ0) is 14.2. The van der Waals surface area contributed by atoms with Crippen LogP contribution < -0.4 is 0 Å². The van der Waals surface area contributed by atoms with Gasteiger partial charge in [-0.3, -0.25) is 4.28 Å². The standard InChI is InChI=1S/C15H13NO3S/c1-11-6-8-13(9-7-11)20(17,18)19-16-15-10-12-4-2-3-5-14(12)15/h2-9H,10H2,1H3/b16-15-. The monoisotopic (exact) mass is 287 g/mol. The van der Waals surface area contributed by atoms with Crippen LogP contribution in [0.2, 0.25) is 0 Å². The second kappa shape index (κ2) is 4.76. The van der Waals surface area contributed by atoms with Gasteiger partial charge in [-0.1, -0.05) is 47.1 Å². The molecule has 0 atom stereocenters. The Morgan fingerprint density at radius 2 is 1.75 bits per heavy atom. The first-order chi connectivity index (χ1) is 9.56. The molecule has 0 heterocycles. The van der Waals surface area contributed by atoms with E-state index >= 15 is 0 Å². The van der Waals surface area contributed by atoms with Crippen LogP contribution in [0.3, 0.4) is 0 Å². The molecule has 0 radical (unpaired) electrons. The molecule has 0 amide bonds. The molecular weight excluding hydrogens is 274 g/mol. The third-order valence-corrected chi connectivity index (χ3v) is 4.36. The van der Waals surface area contributed by atoms with Gasteiger partial charge in [0.25, 0.3) is 0 Å². The topological polar surface area (TPSA) is 55.7 Å². The van der Waals surface area contributed by atoms with E-state index in [9.17, 15) is 8.42 Å². The summed E-state index contributed by atoms with van der Waals surface area (Å²) in [6.45, 7) is 1.89. The van der Waals surface area contributed by atoms with Crippen molar-refractivity contribution < 1.29 is 12.7 Å². The Hall–Kier alpha value is -2.14. The molecule has 1 aliphatic rings. The van der Waals surface area contributed by atoms with E-state index in [0.717, 1.165) is 16.7 Å². The predicted molar refractivity (Wildman–Crippen MR) is 76.1 cm³/mol. The summed E-state index contributed by atoms with van der Waals surface area (Å²) >= 11 is 0. The molecule has 0 aliphatic heterocycles. The van der Waals surface area contributed by atoms with E-state index in [1.807, 2.05) is 31.2 Å². The molecular formula is C15H13NO3S. The maximum absolute atomic E-state index is 12.0. The highest BCUT2D eigenvalue weighted by molar-refractivity contribution is 7.86. The van der Waals surface area contributed by atoms with E-state index in [1.165, 1.54) is 12.1 Å². The first kappa shape index (κ1) is 12.9. The molecule has 1 aliphatic carbocycles. The van der Waals surface area contributed by atoms with Crippen LogP contribution in [0.1, 0.15) is 16.7 Å². The third-order valence-electron chi connectivity index (χ3n) is 3.24. The van der Waals surface area contributed by atoms with Gasteiger partial charge in [-0.05, 0) is 24.6 Å². The molecule has 0 bridgehead atoms. The molecule has 20 heavy (non-hydrogen) atoms. The average Bonchev–Trinajstić information content (AvgIpc) is 2.40. The molecule has 0 aromatic heterocycles. The number of benzene rings is 2. The lowest BCUT2D eigenvalue weighted by Gasteiger charge is -2.19. The predicted octanol–water partition coefficient (Wildman–Crippen LogP) is 2.66. The molecule has 0 fully saturated rings. The molecule has 4 nitrogen and oxygen atoms in total. The summed E-state index contributed by atoms with van der Waals surface area (Å²) in [7, 11) is -3.84. The van der Waals surface area contributed by atoms with Crippen molar-refractivity contribution in [3.05, 3.63) is 65.2 Å². The SMILES string of the molecule is Cc1ccc(S(=O)(=O)O/N=C2/Cc3ccccc32)cc1. The Labute approximate surface area is 117 Å². The van der Waals surface area contributed by atoms with Gasteiger partial charge in [0.05, 0.1) is 5.71 Å². The van der Waals surface area contributed by atoms with Gasteiger partial charge in [-0.15, -0.1) is 0 Å². The summed E-state index contributed by atoms with van der Waals surface area (Å²) in [4.78, 5) is 0.111. The fourth-order valence-corrected chi connectivity index (χ4v) is 2.79. The maximum atomic E-state index is 12.0. The van der Waals surface area contributed by atoms with Gasteiger partial charge in [0, 0.05) is 12.0 Å². The summed E-state index contributed by atoms with van der Waals surface area (Å²) in [5.41, 5.74) is 3.76. The Morgan fingerprint density at radius 1 is 1.05 bits per heavy atom. The molecule has 0 N–H and O–H groups in total. The lowest BCUT2D eigenvalue weighted by atomic mass is 9.87. The van der Waals surface area contributed by atoms with Gasteiger partial charge in [0.1, 0.15) is 4.90 Å². The summed E-state index contributed by atoms with van der Waals surface area (Å²) in [5.74, 6) is 0. The molecule has 3 rings (SSSR count). The highest BCUT2D eigenvalue weighted by Gasteiger charge is 2.23. The summed E-state index contributed by atoms with van der Waals surface area (Å²) in [6.07, 6.45) is 0.638. The van der Waals surface area contributed by atoms with E-state index in [1.54, 1.807) is 12.1 Å².